The Kier molecular flexibility index (Phi) is 9.21. The first-order valence-electron chi connectivity index (χ1n) is 14.9. The lowest BCUT2D eigenvalue weighted by Gasteiger charge is -2.16. The number of aromatic carboxylic acids is 2. The molecule has 0 bridgehead atoms. The van der Waals surface area contributed by atoms with Crippen LogP contribution in [0.1, 0.15) is 41.4 Å². The molecule has 2 amide bonds. The van der Waals surface area contributed by atoms with Crippen molar-refractivity contribution in [3.8, 4) is 34.3 Å². The number of amides is 2. The fourth-order valence-electron chi connectivity index (χ4n) is 6.11. The molecule has 0 radical (unpaired) electrons. The summed E-state index contributed by atoms with van der Waals surface area (Å²) in [6.45, 7) is -0.413. The molecule has 0 atom stereocenters. The monoisotopic (exact) mass is 752 g/mol. The Hall–Kier alpha value is -6.26. The minimum Gasteiger partial charge on any atom is -0.494 e. The van der Waals surface area contributed by atoms with E-state index in [9.17, 15) is 29.4 Å². The third-order valence-corrected chi connectivity index (χ3v) is 8.69. The lowest BCUT2D eigenvalue weighted by Crippen LogP contribution is -2.14. The van der Waals surface area contributed by atoms with E-state index in [4.69, 9.17) is 44.1 Å². The smallest absolute Gasteiger partial charge is 0.336 e. The highest BCUT2D eigenvalue weighted by Gasteiger charge is 2.29. The molecule has 0 aliphatic carbocycles. The van der Waals surface area contributed by atoms with E-state index in [1.165, 1.54) is 47.6 Å². The summed E-state index contributed by atoms with van der Waals surface area (Å²) in [4.78, 5) is 58.3. The van der Waals surface area contributed by atoms with Gasteiger partial charge in [0.05, 0.1) is 58.6 Å². The van der Waals surface area contributed by atoms with Gasteiger partial charge in [0, 0.05) is 23.1 Å². The van der Waals surface area contributed by atoms with Crippen molar-refractivity contribution in [3.63, 3.8) is 0 Å². The molecular weight excluding hydrogens is 729 g/mol. The molecule has 0 spiro atoms. The number of halogens is 4. The average Bonchev–Trinajstić information content (AvgIpc) is 3.63. The molecule has 0 fully saturated rings. The summed E-state index contributed by atoms with van der Waals surface area (Å²) in [5, 5.41) is 19.7. The van der Waals surface area contributed by atoms with Crippen LogP contribution in [0.3, 0.4) is 0 Å². The normalized spacial score (nSPS) is 11.3. The molecule has 2 heterocycles. The summed E-state index contributed by atoms with van der Waals surface area (Å²) in [7, 11) is 2.51. The number of aromatic nitrogens is 4. The van der Waals surface area contributed by atoms with Crippen molar-refractivity contribution < 1.29 is 47.6 Å². The number of fused-ring (bicyclic) bond motifs is 2. The number of carboxylic acids is 2. The van der Waals surface area contributed by atoms with Crippen LogP contribution in [0, 0.1) is 11.6 Å². The molecule has 18 heteroatoms. The third kappa shape index (κ3) is 5.86. The number of nitrogens with zero attached hydrogens (tertiary/aromatic N) is 4. The predicted octanol–water partition coefficient (Wildman–Crippen LogP) is 5.62. The number of rotatable bonds is 11. The van der Waals surface area contributed by atoms with Gasteiger partial charge in [0.25, 0.3) is 11.8 Å². The number of aryl methyl sites for hydroxylation is 2. The molecule has 6 N–H and O–H groups in total. The zero-order valence-corrected chi connectivity index (χ0v) is 28.3. The van der Waals surface area contributed by atoms with Crippen molar-refractivity contribution in [2.45, 2.75) is 13.1 Å². The highest BCUT2D eigenvalue weighted by molar-refractivity contribution is 6.31. The molecule has 52 heavy (non-hydrogen) atoms. The van der Waals surface area contributed by atoms with Crippen molar-refractivity contribution in [2.75, 3.05) is 14.2 Å². The first-order chi connectivity index (χ1) is 24.7. The topological polar surface area (TPSA) is 215 Å². The standard InChI is InChI=1S/C34H24Cl2F2N6O8/c1-51-27-15(29(39)45)3-5-21-25(27)41-31(23-17(33(47)48)9-13(35)11-19(23)37)43(21)7-8-44-22-6-4-16(30(40)46)28(52-2)26(22)42-32(44)24-18(34(49)50)10-14(36)12-20(24)38/h3-6,9-12H,7-8H2,1-2H3,(H2,39,45)(H2,40,46)(H,47,48)(H,49,50). The van der Waals surface area contributed by atoms with Crippen LogP contribution < -0.4 is 20.9 Å². The highest BCUT2D eigenvalue weighted by atomic mass is 35.5. The van der Waals surface area contributed by atoms with Gasteiger partial charge in [-0.1, -0.05) is 23.2 Å². The zero-order chi connectivity index (χ0) is 37.8. The maximum atomic E-state index is 15.8. The minimum atomic E-state index is -1.53. The zero-order valence-electron chi connectivity index (χ0n) is 26.8. The number of hydrogen-bond acceptors (Lipinski definition) is 8. The maximum Gasteiger partial charge on any atom is 0.336 e. The summed E-state index contributed by atoms with van der Waals surface area (Å²) < 4.78 is 45.3. The molecule has 266 valence electrons. The Bertz CT molecular complexity index is 2360. The Morgan fingerprint density at radius 3 is 1.35 bits per heavy atom. The van der Waals surface area contributed by atoms with Gasteiger partial charge >= 0.3 is 11.9 Å². The SMILES string of the molecule is COc1c(C(N)=O)ccc2c1nc(-c1c(F)cc(Cl)cc1C(=O)O)n2CCn1c(-c2c(F)cc(Cl)cc2C(=O)O)nc2c(OC)c(C(N)=O)ccc21. The van der Waals surface area contributed by atoms with E-state index < -0.39 is 57.6 Å². The van der Waals surface area contributed by atoms with Crippen molar-refractivity contribution in [1.82, 2.24) is 19.1 Å². The molecule has 0 unspecified atom stereocenters. The van der Waals surface area contributed by atoms with Gasteiger partial charge in [-0.05, 0) is 48.5 Å². The summed E-state index contributed by atoms with van der Waals surface area (Å²) in [6.07, 6.45) is 0. The van der Waals surface area contributed by atoms with Gasteiger partial charge in [0.2, 0.25) is 0 Å². The van der Waals surface area contributed by atoms with Gasteiger partial charge in [0.15, 0.2) is 11.5 Å². The Balaban J connectivity index is 1.67. The van der Waals surface area contributed by atoms with Crippen LogP contribution in [0.25, 0.3) is 44.8 Å². The van der Waals surface area contributed by atoms with Crippen molar-refractivity contribution >= 4 is 69.0 Å². The molecule has 14 nitrogen and oxygen atoms in total. The largest absolute Gasteiger partial charge is 0.494 e. The van der Waals surface area contributed by atoms with Crippen LogP contribution in [0.15, 0.2) is 48.5 Å². The van der Waals surface area contributed by atoms with Crippen LogP contribution in [0.2, 0.25) is 10.0 Å². The van der Waals surface area contributed by atoms with Gasteiger partial charge in [-0.2, -0.15) is 0 Å². The van der Waals surface area contributed by atoms with E-state index in [0.717, 1.165) is 24.3 Å². The number of carbonyl (C=O) groups is 4. The number of methoxy groups -OCH3 is 2. The van der Waals surface area contributed by atoms with E-state index >= 15 is 8.78 Å². The van der Waals surface area contributed by atoms with Gasteiger partial charge in [0.1, 0.15) is 34.3 Å². The average molecular weight is 754 g/mol. The Morgan fingerprint density at radius 1 is 0.673 bits per heavy atom. The maximum absolute atomic E-state index is 15.8. The molecule has 0 saturated heterocycles. The molecule has 2 aromatic heterocycles. The van der Waals surface area contributed by atoms with Crippen LogP contribution >= 0.6 is 23.2 Å². The second kappa shape index (κ2) is 13.5. The summed E-state index contributed by atoms with van der Waals surface area (Å²) >= 11 is 12.0. The molecular formula is C34H24Cl2F2N6O8. The van der Waals surface area contributed by atoms with E-state index in [2.05, 4.69) is 9.97 Å². The van der Waals surface area contributed by atoms with E-state index in [1.807, 2.05) is 0 Å². The molecule has 0 aliphatic rings. The summed E-state index contributed by atoms with van der Waals surface area (Å²) in [6, 6.07) is 9.46. The summed E-state index contributed by atoms with van der Waals surface area (Å²) in [5.41, 5.74) is 9.47. The fraction of sp³-hybridized carbons (Fsp3) is 0.118. The van der Waals surface area contributed by atoms with Crippen molar-refractivity contribution in [2.24, 2.45) is 11.5 Å². The number of carboxylic acid groups (broad SMARTS) is 2. The highest BCUT2D eigenvalue weighted by Crippen LogP contribution is 2.39. The Labute approximate surface area is 300 Å². The molecule has 6 rings (SSSR count). The number of primary amides is 2. The predicted molar refractivity (Wildman–Crippen MR) is 184 cm³/mol. The van der Waals surface area contributed by atoms with Crippen LogP contribution in [-0.4, -0.2) is 67.3 Å². The van der Waals surface area contributed by atoms with Crippen molar-refractivity contribution in [3.05, 3.63) is 92.5 Å². The second-order valence-electron chi connectivity index (χ2n) is 11.2. The summed E-state index contributed by atoms with van der Waals surface area (Å²) in [5.74, 6) is -7.49. The number of imidazole rings is 2. The van der Waals surface area contributed by atoms with Gasteiger partial charge in [-0.3, -0.25) is 9.59 Å². The third-order valence-electron chi connectivity index (χ3n) is 8.25. The molecule has 6 aromatic rings. The van der Waals surface area contributed by atoms with Crippen LogP contribution in [0.5, 0.6) is 11.5 Å². The van der Waals surface area contributed by atoms with Crippen molar-refractivity contribution in [1.29, 1.82) is 0 Å². The van der Waals surface area contributed by atoms with Gasteiger partial charge in [-0.25, -0.2) is 28.3 Å². The number of ether oxygens (including phenoxy) is 2. The van der Waals surface area contributed by atoms with E-state index in [-0.39, 0.29) is 79.5 Å². The Morgan fingerprint density at radius 2 is 1.04 bits per heavy atom. The first-order valence-corrected chi connectivity index (χ1v) is 15.6. The lowest BCUT2D eigenvalue weighted by molar-refractivity contribution is 0.0686. The second-order valence-corrected chi connectivity index (χ2v) is 12.0. The van der Waals surface area contributed by atoms with E-state index in [1.54, 1.807) is 0 Å². The van der Waals surface area contributed by atoms with E-state index in [0.29, 0.717) is 0 Å². The number of benzene rings is 4. The minimum absolute atomic E-state index is 0.0138. The number of hydrogen-bond donors (Lipinski definition) is 4. The van der Waals surface area contributed by atoms with Gasteiger partial charge in [-0.15, -0.1) is 0 Å². The fourth-order valence-corrected chi connectivity index (χ4v) is 6.52. The van der Waals surface area contributed by atoms with Gasteiger partial charge < -0.3 is 40.3 Å². The first kappa shape index (κ1) is 35.6. The lowest BCUT2D eigenvalue weighted by atomic mass is 10.1. The molecule has 4 aromatic carbocycles. The molecule has 0 saturated carbocycles. The number of nitrogens with two attached hydrogens (primary N) is 2. The molecule has 0 aliphatic heterocycles. The van der Waals surface area contributed by atoms with Crippen LogP contribution in [0.4, 0.5) is 8.78 Å². The quantitative estimate of drug-likeness (QED) is 0.128. The van der Waals surface area contributed by atoms with Crippen LogP contribution in [-0.2, 0) is 13.1 Å². The number of carbonyl (C=O) groups excluding carboxylic acids is 2.